The second-order valence-corrected chi connectivity index (χ2v) is 8.51. The number of carbonyl (C=O) groups is 2. The van der Waals surface area contributed by atoms with Gasteiger partial charge in [0.1, 0.15) is 0 Å². The van der Waals surface area contributed by atoms with Crippen LogP contribution in [0.15, 0.2) is 53.4 Å². The monoisotopic (exact) mass is 441 g/mol. The molecule has 0 aliphatic heterocycles. The molecule has 2 aromatic rings. The van der Waals surface area contributed by atoms with Gasteiger partial charge < -0.3 is 10.6 Å². The van der Waals surface area contributed by atoms with E-state index in [1.54, 1.807) is 18.2 Å². The van der Waals surface area contributed by atoms with Crippen molar-refractivity contribution in [1.82, 2.24) is 4.72 Å². The molecule has 0 radical (unpaired) electrons. The number of hydrogen-bond acceptors (Lipinski definition) is 4. The Labute approximate surface area is 170 Å². The van der Waals surface area contributed by atoms with E-state index in [0.29, 0.717) is 17.4 Å². The zero-order chi connectivity index (χ0) is 21.9. The second-order valence-electron chi connectivity index (χ2n) is 6.74. The molecule has 3 rings (SSSR count). The lowest BCUT2D eigenvalue weighted by Gasteiger charge is -2.11. The Hall–Kier alpha value is -2.92. The van der Waals surface area contributed by atoms with E-state index >= 15 is 0 Å². The fourth-order valence-electron chi connectivity index (χ4n) is 2.55. The highest BCUT2D eigenvalue weighted by Gasteiger charge is 2.32. The lowest BCUT2D eigenvalue weighted by molar-refractivity contribution is -0.137. The number of nitrogens with one attached hydrogen (secondary N) is 3. The van der Waals surface area contributed by atoms with E-state index in [1.165, 1.54) is 6.07 Å². The fourth-order valence-corrected chi connectivity index (χ4v) is 3.58. The van der Waals surface area contributed by atoms with Gasteiger partial charge in [-0.2, -0.15) is 13.2 Å². The van der Waals surface area contributed by atoms with Crippen LogP contribution in [0.5, 0.6) is 0 Å². The summed E-state index contributed by atoms with van der Waals surface area (Å²) in [7, 11) is -4.32. The summed E-state index contributed by atoms with van der Waals surface area (Å²) in [6, 6.07) is 9.52. The van der Waals surface area contributed by atoms with Gasteiger partial charge in [0.25, 0.3) is 0 Å². The molecule has 30 heavy (non-hydrogen) atoms. The first kappa shape index (κ1) is 21.8. The van der Waals surface area contributed by atoms with E-state index in [2.05, 4.69) is 10.6 Å². The first-order valence-corrected chi connectivity index (χ1v) is 10.4. The van der Waals surface area contributed by atoms with Crippen molar-refractivity contribution < 1.29 is 31.2 Å². The maximum atomic E-state index is 12.8. The van der Waals surface area contributed by atoms with E-state index in [0.717, 1.165) is 31.0 Å². The third-order valence-electron chi connectivity index (χ3n) is 4.26. The number of hydrogen-bond donors (Lipinski definition) is 3. The lowest BCUT2D eigenvalue weighted by atomic mass is 10.2. The average molecular weight is 441 g/mol. The molecule has 1 fully saturated rings. The molecule has 0 atom stereocenters. The number of anilines is 2. The van der Waals surface area contributed by atoms with Crippen LogP contribution < -0.4 is 15.4 Å². The predicted octanol–water partition coefficient (Wildman–Crippen LogP) is 2.97. The molecule has 1 aliphatic rings. The summed E-state index contributed by atoms with van der Waals surface area (Å²) in [4.78, 5) is 23.3. The fraction of sp³-hybridized carbons (Fsp3) is 0.263. The zero-order valence-electron chi connectivity index (χ0n) is 15.5. The highest BCUT2D eigenvalue weighted by molar-refractivity contribution is 7.89. The zero-order valence-corrected chi connectivity index (χ0v) is 16.3. The summed E-state index contributed by atoms with van der Waals surface area (Å²) in [5.74, 6) is -0.822. The molecule has 7 nitrogen and oxygen atoms in total. The van der Waals surface area contributed by atoms with Gasteiger partial charge in [0.2, 0.25) is 21.8 Å². The minimum absolute atomic E-state index is 0.00787. The highest BCUT2D eigenvalue weighted by Crippen LogP contribution is 2.31. The number of alkyl halides is 3. The second kappa shape index (κ2) is 8.44. The molecule has 3 N–H and O–H groups in total. The van der Waals surface area contributed by atoms with Crippen molar-refractivity contribution >= 4 is 33.2 Å². The van der Waals surface area contributed by atoms with E-state index in [9.17, 15) is 31.2 Å². The Morgan fingerprint density at radius 2 is 1.60 bits per heavy atom. The van der Waals surface area contributed by atoms with Gasteiger partial charge in [-0.25, -0.2) is 13.1 Å². The van der Waals surface area contributed by atoms with Crippen molar-refractivity contribution in [2.45, 2.75) is 23.9 Å². The molecule has 0 bridgehead atoms. The summed E-state index contributed by atoms with van der Waals surface area (Å²) >= 11 is 0. The number of benzene rings is 2. The van der Waals surface area contributed by atoms with Crippen molar-refractivity contribution in [1.29, 1.82) is 0 Å². The summed E-state index contributed by atoms with van der Waals surface area (Å²) in [5, 5.41) is 5.18. The number of carbonyl (C=O) groups excluding carboxylic acids is 2. The first-order valence-electron chi connectivity index (χ1n) is 8.92. The molecule has 160 valence electrons. The van der Waals surface area contributed by atoms with Gasteiger partial charge in [0, 0.05) is 17.3 Å². The van der Waals surface area contributed by atoms with Gasteiger partial charge in [0.15, 0.2) is 0 Å². The smallest absolute Gasteiger partial charge is 0.326 e. The largest absolute Gasteiger partial charge is 0.416 e. The minimum atomic E-state index is -4.69. The molecule has 0 heterocycles. The van der Waals surface area contributed by atoms with Crippen LogP contribution in [-0.2, 0) is 25.8 Å². The molecule has 0 aromatic heterocycles. The van der Waals surface area contributed by atoms with Crippen LogP contribution >= 0.6 is 0 Å². The van der Waals surface area contributed by atoms with Crippen molar-refractivity contribution in [2.75, 3.05) is 17.2 Å². The Morgan fingerprint density at radius 1 is 0.967 bits per heavy atom. The molecule has 1 saturated carbocycles. The summed E-state index contributed by atoms with van der Waals surface area (Å²) in [5.41, 5.74) is -0.305. The van der Waals surface area contributed by atoms with Gasteiger partial charge >= 0.3 is 6.18 Å². The maximum Gasteiger partial charge on any atom is 0.416 e. The summed E-state index contributed by atoms with van der Waals surface area (Å²) in [6.07, 6.45) is -3.01. The van der Waals surface area contributed by atoms with Crippen LogP contribution in [0.2, 0.25) is 0 Å². The van der Waals surface area contributed by atoms with Gasteiger partial charge in [-0.05, 0) is 49.2 Å². The number of rotatable bonds is 7. The van der Waals surface area contributed by atoms with Crippen molar-refractivity contribution in [3.8, 4) is 0 Å². The molecule has 11 heteroatoms. The summed E-state index contributed by atoms with van der Waals surface area (Å²) < 4.78 is 64.7. The Balaban J connectivity index is 1.59. The molecular weight excluding hydrogens is 423 g/mol. The highest BCUT2D eigenvalue weighted by atomic mass is 32.2. The third kappa shape index (κ3) is 5.80. The van der Waals surface area contributed by atoms with Gasteiger partial charge in [-0.3, -0.25) is 9.59 Å². The van der Waals surface area contributed by atoms with E-state index in [-0.39, 0.29) is 11.8 Å². The quantitative estimate of drug-likeness (QED) is 0.615. The van der Waals surface area contributed by atoms with Gasteiger partial charge in [-0.1, -0.05) is 12.1 Å². The van der Waals surface area contributed by atoms with Crippen molar-refractivity contribution in [3.05, 3.63) is 54.1 Å². The Morgan fingerprint density at radius 3 is 2.23 bits per heavy atom. The topological polar surface area (TPSA) is 104 Å². The van der Waals surface area contributed by atoms with Crippen LogP contribution in [0.25, 0.3) is 0 Å². The summed E-state index contributed by atoms with van der Waals surface area (Å²) in [6.45, 7) is -0.683. The van der Waals surface area contributed by atoms with Gasteiger partial charge in [-0.15, -0.1) is 0 Å². The number of amides is 2. The van der Waals surface area contributed by atoms with E-state index in [4.69, 9.17) is 0 Å². The molecule has 2 amide bonds. The molecule has 0 saturated heterocycles. The Kier molecular flexibility index (Phi) is 6.13. The van der Waals surface area contributed by atoms with Gasteiger partial charge in [0.05, 0.1) is 17.0 Å². The number of halogens is 3. The predicted molar refractivity (Wildman–Crippen MR) is 103 cm³/mol. The molecular formula is C19H18F3N3O4S. The van der Waals surface area contributed by atoms with Crippen LogP contribution in [0.1, 0.15) is 18.4 Å². The SMILES string of the molecule is O=C(CNS(=O)(=O)c1cccc(C(F)(F)F)c1)Nc1cccc(NC(=O)C2CC2)c1. The normalized spacial score (nSPS) is 14.2. The number of sulfonamides is 1. The van der Waals surface area contributed by atoms with Crippen LogP contribution in [-0.4, -0.2) is 26.8 Å². The molecule has 0 unspecified atom stereocenters. The first-order chi connectivity index (χ1) is 14.0. The minimum Gasteiger partial charge on any atom is -0.326 e. The van der Waals surface area contributed by atoms with Crippen LogP contribution in [0.3, 0.4) is 0 Å². The Bertz CT molecular complexity index is 1070. The molecule has 0 spiro atoms. The van der Waals surface area contributed by atoms with Crippen molar-refractivity contribution in [3.63, 3.8) is 0 Å². The third-order valence-corrected chi connectivity index (χ3v) is 5.66. The average Bonchev–Trinajstić information content (AvgIpc) is 3.52. The van der Waals surface area contributed by atoms with Crippen LogP contribution in [0, 0.1) is 5.92 Å². The molecule has 1 aliphatic carbocycles. The standard InChI is InChI=1S/C19H18F3N3O4S/c20-19(21,22)13-3-1-6-16(9-13)30(28,29)23-11-17(26)24-14-4-2-5-15(10-14)25-18(27)12-7-8-12/h1-6,9-10,12,23H,7-8,11H2,(H,24,26)(H,25,27). The van der Waals surface area contributed by atoms with Crippen molar-refractivity contribution in [2.24, 2.45) is 5.92 Å². The molecule has 2 aromatic carbocycles. The van der Waals surface area contributed by atoms with E-state index < -0.39 is 39.1 Å². The van der Waals surface area contributed by atoms with E-state index in [1.807, 2.05) is 4.72 Å². The van der Waals surface area contributed by atoms with Crippen LogP contribution in [0.4, 0.5) is 24.5 Å². The maximum absolute atomic E-state index is 12.8. The lowest BCUT2D eigenvalue weighted by Crippen LogP contribution is -2.33.